The van der Waals surface area contributed by atoms with Crippen molar-refractivity contribution in [3.05, 3.63) is 28.5 Å². The van der Waals surface area contributed by atoms with Crippen molar-refractivity contribution in [2.24, 2.45) is 5.92 Å². The molecule has 1 saturated carbocycles. The van der Waals surface area contributed by atoms with Crippen molar-refractivity contribution in [1.82, 2.24) is 4.72 Å². The predicted molar refractivity (Wildman–Crippen MR) is 74.7 cm³/mol. The van der Waals surface area contributed by atoms with Gasteiger partial charge in [0, 0.05) is 15.8 Å². The summed E-state index contributed by atoms with van der Waals surface area (Å²) in [5.41, 5.74) is 0. The van der Waals surface area contributed by atoms with Crippen LogP contribution in [-0.4, -0.2) is 19.8 Å². The molecule has 0 amide bonds. The molecule has 0 radical (unpaired) electrons. The third-order valence-electron chi connectivity index (χ3n) is 2.79. The van der Waals surface area contributed by atoms with Crippen LogP contribution < -0.4 is 4.72 Å². The van der Waals surface area contributed by atoms with E-state index in [-0.39, 0.29) is 16.3 Å². The van der Waals surface area contributed by atoms with Crippen LogP contribution in [0.1, 0.15) is 12.8 Å². The maximum Gasteiger partial charge on any atom is 0.243 e. The summed E-state index contributed by atoms with van der Waals surface area (Å²) < 4.78 is 40.4. The van der Waals surface area contributed by atoms with Crippen LogP contribution in [0.5, 0.6) is 0 Å². The smallest absolute Gasteiger partial charge is 0.210 e. The first-order valence-corrected chi connectivity index (χ1v) is 8.68. The minimum absolute atomic E-state index is 0.116. The maximum absolute atomic E-state index is 13.6. The highest BCUT2D eigenvalue weighted by Crippen LogP contribution is 2.36. The molecule has 0 bridgehead atoms. The van der Waals surface area contributed by atoms with Crippen LogP contribution in [0.4, 0.5) is 4.39 Å². The van der Waals surface area contributed by atoms with Gasteiger partial charge in [-0.25, -0.2) is 17.5 Å². The summed E-state index contributed by atoms with van der Waals surface area (Å²) in [6.07, 6.45) is 2.23. The van der Waals surface area contributed by atoms with Crippen molar-refractivity contribution in [2.45, 2.75) is 22.6 Å². The van der Waals surface area contributed by atoms with Crippen molar-refractivity contribution < 1.29 is 12.8 Å². The molecule has 1 aliphatic carbocycles. The van der Waals surface area contributed by atoms with Crippen molar-refractivity contribution in [2.75, 3.05) is 6.54 Å². The van der Waals surface area contributed by atoms with Crippen molar-refractivity contribution >= 4 is 41.9 Å². The summed E-state index contributed by atoms with van der Waals surface area (Å²) in [5, 5.41) is 0. The molecular weight excluding hydrogens is 389 g/mol. The van der Waals surface area contributed by atoms with Crippen molar-refractivity contribution in [3.63, 3.8) is 0 Å². The Hall–Kier alpha value is 0.0200. The van der Waals surface area contributed by atoms with E-state index in [0.717, 1.165) is 18.9 Å². The van der Waals surface area contributed by atoms with Crippen molar-refractivity contribution in [1.29, 1.82) is 0 Å². The molecule has 0 aliphatic heterocycles. The van der Waals surface area contributed by atoms with Gasteiger partial charge in [0.05, 0.1) is 0 Å². The Labute approximate surface area is 122 Å². The minimum Gasteiger partial charge on any atom is -0.210 e. The summed E-state index contributed by atoms with van der Waals surface area (Å²) >= 11 is 6.52. The molecule has 1 aromatic carbocycles. The van der Waals surface area contributed by atoms with Gasteiger partial charge in [0.25, 0.3) is 0 Å². The zero-order chi connectivity index (χ0) is 13.3. The zero-order valence-corrected chi connectivity index (χ0v) is 13.4. The van der Waals surface area contributed by atoms with Gasteiger partial charge < -0.3 is 0 Å². The van der Waals surface area contributed by atoms with Crippen LogP contribution >= 0.6 is 31.9 Å². The first kappa shape index (κ1) is 14.4. The van der Waals surface area contributed by atoms with E-state index in [2.05, 4.69) is 36.6 Å². The van der Waals surface area contributed by atoms with Crippen LogP contribution in [0, 0.1) is 11.7 Å². The lowest BCUT2D eigenvalue weighted by Crippen LogP contribution is -2.31. The molecule has 1 atom stereocenters. The van der Waals surface area contributed by atoms with Gasteiger partial charge in [-0.3, -0.25) is 0 Å². The molecule has 100 valence electrons. The van der Waals surface area contributed by atoms with E-state index in [0.29, 0.717) is 10.4 Å². The normalized spacial score (nSPS) is 17.7. The number of hydrogen-bond acceptors (Lipinski definition) is 2. The van der Waals surface area contributed by atoms with E-state index in [1.165, 1.54) is 12.1 Å². The second-order valence-electron chi connectivity index (χ2n) is 4.28. The van der Waals surface area contributed by atoms with Gasteiger partial charge in [-0.2, -0.15) is 0 Å². The molecule has 18 heavy (non-hydrogen) atoms. The van der Waals surface area contributed by atoms with E-state index < -0.39 is 15.8 Å². The lowest BCUT2D eigenvalue weighted by Gasteiger charge is -2.11. The van der Waals surface area contributed by atoms with Gasteiger partial charge in [0.15, 0.2) is 0 Å². The second kappa shape index (κ2) is 5.56. The Morgan fingerprint density at radius 1 is 1.44 bits per heavy atom. The molecule has 1 aliphatic rings. The molecule has 0 heterocycles. The predicted octanol–water partition coefficient (Wildman–Crippen LogP) is 3.04. The maximum atomic E-state index is 13.6. The standard InChI is InChI=1S/C11H12Br2FNO2S/c12-8-3-4-11(10(14)5-8)18(16,17)15-6-9(13)7-1-2-7/h3-5,7,9,15H,1-2,6H2. The topological polar surface area (TPSA) is 46.2 Å². The Balaban J connectivity index is 2.09. The number of rotatable bonds is 5. The number of hydrogen-bond donors (Lipinski definition) is 1. The Kier molecular flexibility index (Phi) is 4.46. The lowest BCUT2D eigenvalue weighted by molar-refractivity contribution is 0.554. The summed E-state index contributed by atoms with van der Waals surface area (Å²) in [7, 11) is -3.78. The lowest BCUT2D eigenvalue weighted by atomic mass is 10.3. The van der Waals surface area contributed by atoms with E-state index in [1.54, 1.807) is 0 Å². The minimum atomic E-state index is -3.78. The number of alkyl halides is 1. The van der Waals surface area contributed by atoms with Gasteiger partial charge in [-0.15, -0.1) is 0 Å². The third kappa shape index (κ3) is 3.53. The quantitative estimate of drug-likeness (QED) is 0.772. The van der Waals surface area contributed by atoms with Crippen LogP contribution in [0.3, 0.4) is 0 Å². The largest absolute Gasteiger partial charge is 0.243 e. The van der Waals surface area contributed by atoms with Crippen LogP contribution in [0.15, 0.2) is 27.6 Å². The van der Waals surface area contributed by atoms with Crippen LogP contribution in [-0.2, 0) is 10.0 Å². The van der Waals surface area contributed by atoms with E-state index >= 15 is 0 Å². The number of halogens is 3. The van der Waals surface area contributed by atoms with E-state index in [1.807, 2.05) is 0 Å². The molecule has 1 fully saturated rings. The number of benzene rings is 1. The summed E-state index contributed by atoms with van der Waals surface area (Å²) in [5.74, 6) is -0.225. The average Bonchev–Trinajstić information content (AvgIpc) is 3.09. The summed E-state index contributed by atoms with van der Waals surface area (Å²) in [6, 6.07) is 3.90. The zero-order valence-electron chi connectivity index (χ0n) is 9.37. The highest BCUT2D eigenvalue weighted by atomic mass is 79.9. The SMILES string of the molecule is O=S(=O)(NCC(Br)C1CC1)c1ccc(Br)cc1F. The van der Waals surface area contributed by atoms with Gasteiger partial charge in [-0.05, 0) is 37.0 Å². The fourth-order valence-electron chi connectivity index (χ4n) is 1.58. The highest BCUT2D eigenvalue weighted by Gasteiger charge is 2.30. The second-order valence-corrected chi connectivity index (χ2v) is 8.11. The molecular formula is C11H12Br2FNO2S. The molecule has 7 heteroatoms. The van der Waals surface area contributed by atoms with Crippen LogP contribution in [0.2, 0.25) is 0 Å². The van der Waals surface area contributed by atoms with Crippen LogP contribution in [0.25, 0.3) is 0 Å². The molecule has 0 saturated heterocycles. The highest BCUT2D eigenvalue weighted by molar-refractivity contribution is 9.10. The fourth-order valence-corrected chi connectivity index (χ4v) is 3.94. The first-order chi connectivity index (χ1) is 8.40. The van der Waals surface area contributed by atoms with Gasteiger partial charge >= 0.3 is 0 Å². The molecule has 0 aromatic heterocycles. The Morgan fingerprint density at radius 3 is 2.67 bits per heavy atom. The Bertz CT molecular complexity index is 546. The van der Waals surface area contributed by atoms with Gasteiger partial charge in [0.1, 0.15) is 10.7 Å². The molecule has 1 aromatic rings. The summed E-state index contributed by atoms with van der Waals surface area (Å²) in [4.78, 5) is -0.202. The average molecular weight is 401 g/mol. The third-order valence-corrected chi connectivity index (χ3v) is 5.81. The van der Waals surface area contributed by atoms with E-state index in [9.17, 15) is 12.8 Å². The summed E-state index contributed by atoms with van der Waals surface area (Å²) in [6.45, 7) is 0.280. The first-order valence-electron chi connectivity index (χ1n) is 5.49. The van der Waals surface area contributed by atoms with Gasteiger partial charge in [-0.1, -0.05) is 31.9 Å². The fraction of sp³-hybridized carbons (Fsp3) is 0.455. The number of nitrogens with one attached hydrogen (secondary N) is 1. The molecule has 2 rings (SSSR count). The van der Waals surface area contributed by atoms with E-state index in [4.69, 9.17) is 0 Å². The van der Waals surface area contributed by atoms with Gasteiger partial charge in [0.2, 0.25) is 10.0 Å². The molecule has 0 spiro atoms. The molecule has 1 unspecified atom stereocenters. The molecule has 1 N–H and O–H groups in total. The number of sulfonamides is 1. The molecule has 3 nitrogen and oxygen atoms in total. The monoisotopic (exact) mass is 399 g/mol. The Morgan fingerprint density at radius 2 is 2.11 bits per heavy atom. The van der Waals surface area contributed by atoms with Crippen molar-refractivity contribution in [3.8, 4) is 0 Å².